The van der Waals surface area contributed by atoms with Crippen LogP contribution in [0.3, 0.4) is 0 Å². The fourth-order valence-corrected chi connectivity index (χ4v) is 2.81. The van der Waals surface area contributed by atoms with E-state index in [0.717, 1.165) is 25.2 Å². The lowest BCUT2D eigenvalue weighted by Crippen LogP contribution is -2.38. The summed E-state index contributed by atoms with van der Waals surface area (Å²) in [6.45, 7) is 9.34. The Morgan fingerprint density at radius 2 is 2.10 bits per heavy atom. The van der Waals surface area contributed by atoms with Crippen molar-refractivity contribution in [2.45, 2.75) is 52.6 Å². The second kappa shape index (κ2) is 6.25. The maximum absolute atomic E-state index is 12.6. The Hall–Kier alpha value is -1.58. The number of nitrogens with zero attached hydrogens (tertiary/aromatic N) is 2. The molecule has 4 heteroatoms. The molecule has 2 heterocycles. The van der Waals surface area contributed by atoms with Crippen LogP contribution < -0.4 is 5.32 Å². The summed E-state index contributed by atoms with van der Waals surface area (Å²) in [5, 5.41) is 3.24. The molecule has 1 amide bonds. The number of hydrogen-bond acceptors (Lipinski definition) is 3. The smallest absolute Gasteiger partial charge is 0.272 e. The van der Waals surface area contributed by atoms with E-state index in [9.17, 15) is 4.79 Å². The molecule has 1 atom stereocenters. The number of carbonyl (C=O) groups is 1. The molecule has 0 bridgehead atoms. The van der Waals surface area contributed by atoms with Crippen molar-refractivity contribution in [2.24, 2.45) is 5.92 Å². The number of hydrogen-bond donors (Lipinski definition) is 1. The lowest BCUT2D eigenvalue weighted by Gasteiger charge is -2.27. The van der Waals surface area contributed by atoms with Crippen LogP contribution in [0.25, 0.3) is 0 Å². The maximum Gasteiger partial charge on any atom is 0.272 e. The Kier molecular flexibility index (Phi) is 4.63. The first-order valence-corrected chi connectivity index (χ1v) is 7.53. The molecule has 1 aromatic rings. The summed E-state index contributed by atoms with van der Waals surface area (Å²) in [6.07, 6.45) is 2.20. The molecule has 1 saturated heterocycles. The average Bonchev–Trinajstić information content (AvgIpc) is 2.86. The van der Waals surface area contributed by atoms with Crippen LogP contribution in [0.4, 0.5) is 5.82 Å². The molecule has 110 valence electrons. The van der Waals surface area contributed by atoms with Gasteiger partial charge in [-0.3, -0.25) is 4.79 Å². The number of pyridine rings is 1. The van der Waals surface area contributed by atoms with Crippen LogP contribution in [-0.2, 0) is 0 Å². The van der Waals surface area contributed by atoms with E-state index in [-0.39, 0.29) is 5.91 Å². The van der Waals surface area contributed by atoms with Crippen LogP contribution in [0.1, 0.15) is 51.0 Å². The molecule has 1 aromatic heterocycles. The van der Waals surface area contributed by atoms with E-state index in [2.05, 4.69) is 38.0 Å². The molecule has 1 aliphatic heterocycles. The predicted molar refractivity (Wildman–Crippen MR) is 81.9 cm³/mol. The molecule has 0 aliphatic carbocycles. The zero-order valence-electron chi connectivity index (χ0n) is 12.9. The van der Waals surface area contributed by atoms with Crippen LogP contribution in [0.5, 0.6) is 0 Å². The van der Waals surface area contributed by atoms with Gasteiger partial charge in [0.05, 0.1) is 0 Å². The van der Waals surface area contributed by atoms with Crippen molar-refractivity contribution in [1.29, 1.82) is 0 Å². The van der Waals surface area contributed by atoms with Crippen molar-refractivity contribution in [3.63, 3.8) is 0 Å². The third kappa shape index (κ3) is 3.30. The van der Waals surface area contributed by atoms with Crippen molar-refractivity contribution in [3.05, 3.63) is 23.9 Å². The minimum Gasteiger partial charge on any atom is -0.368 e. The third-order valence-corrected chi connectivity index (χ3v) is 3.73. The zero-order valence-corrected chi connectivity index (χ0v) is 12.9. The summed E-state index contributed by atoms with van der Waals surface area (Å²) in [5.41, 5.74) is 0.545. The van der Waals surface area contributed by atoms with Gasteiger partial charge in [-0.15, -0.1) is 0 Å². The van der Waals surface area contributed by atoms with Gasteiger partial charge in [-0.2, -0.15) is 0 Å². The third-order valence-electron chi connectivity index (χ3n) is 3.73. The van der Waals surface area contributed by atoms with Gasteiger partial charge in [0.1, 0.15) is 11.5 Å². The topological polar surface area (TPSA) is 45.2 Å². The summed E-state index contributed by atoms with van der Waals surface area (Å²) in [7, 11) is 0. The molecule has 2 rings (SSSR count). The van der Waals surface area contributed by atoms with E-state index in [4.69, 9.17) is 0 Å². The summed E-state index contributed by atoms with van der Waals surface area (Å²) >= 11 is 0. The van der Waals surface area contributed by atoms with Crippen molar-refractivity contribution >= 4 is 11.7 Å². The van der Waals surface area contributed by atoms with E-state index in [0.29, 0.717) is 23.7 Å². The Morgan fingerprint density at radius 3 is 2.75 bits per heavy atom. The minimum atomic E-state index is 0.0635. The standard InChI is InChI=1S/C16H25N3O/c1-11(2)14-8-6-10-19(14)16(20)13-7-5-9-15(18-13)17-12(3)4/h5,7,9,11-12,14H,6,8,10H2,1-4H3,(H,17,18). The average molecular weight is 275 g/mol. The molecule has 1 unspecified atom stereocenters. The van der Waals surface area contributed by atoms with Crippen molar-refractivity contribution in [2.75, 3.05) is 11.9 Å². The van der Waals surface area contributed by atoms with E-state index in [1.807, 2.05) is 23.1 Å². The number of rotatable bonds is 4. The van der Waals surface area contributed by atoms with Gasteiger partial charge in [-0.25, -0.2) is 4.98 Å². The molecule has 0 radical (unpaired) electrons. The van der Waals surface area contributed by atoms with Gasteiger partial charge in [0.25, 0.3) is 5.91 Å². The Labute approximate surface area is 121 Å². The highest BCUT2D eigenvalue weighted by molar-refractivity contribution is 5.93. The summed E-state index contributed by atoms with van der Waals surface area (Å²) in [6, 6.07) is 6.27. The molecule has 20 heavy (non-hydrogen) atoms. The molecule has 0 aromatic carbocycles. The highest BCUT2D eigenvalue weighted by Crippen LogP contribution is 2.25. The number of aromatic nitrogens is 1. The number of anilines is 1. The molecule has 4 nitrogen and oxygen atoms in total. The lowest BCUT2D eigenvalue weighted by atomic mass is 10.0. The molecular weight excluding hydrogens is 250 g/mol. The highest BCUT2D eigenvalue weighted by atomic mass is 16.2. The quantitative estimate of drug-likeness (QED) is 0.918. The molecule has 0 saturated carbocycles. The van der Waals surface area contributed by atoms with Crippen LogP contribution >= 0.6 is 0 Å². The summed E-state index contributed by atoms with van der Waals surface area (Å²) in [5.74, 6) is 1.33. The molecular formula is C16H25N3O. The van der Waals surface area contributed by atoms with Gasteiger partial charge in [0, 0.05) is 18.6 Å². The van der Waals surface area contributed by atoms with Gasteiger partial charge in [0.15, 0.2) is 0 Å². The second-order valence-corrected chi connectivity index (χ2v) is 6.16. The van der Waals surface area contributed by atoms with Crippen molar-refractivity contribution < 1.29 is 4.79 Å². The van der Waals surface area contributed by atoms with Crippen molar-refractivity contribution in [1.82, 2.24) is 9.88 Å². The number of amides is 1. The number of carbonyl (C=O) groups excluding carboxylic acids is 1. The Morgan fingerprint density at radius 1 is 1.35 bits per heavy atom. The first-order valence-electron chi connectivity index (χ1n) is 7.53. The molecule has 1 N–H and O–H groups in total. The predicted octanol–water partition coefficient (Wildman–Crippen LogP) is 3.16. The SMILES string of the molecule is CC(C)Nc1cccc(C(=O)N2CCCC2C(C)C)n1. The van der Waals surface area contributed by atoms with Crippen LogP contribution in [-0.4, -0.2) is 34.4 Å². The van der Waals surface area contributed by atoms with Crippen LogP contribution in [0.2, 0.25) is 0 Å². The number of likely N-dealkylation sites (tertiary alicyclic amines) is 1. The Balaban J connectivity index is 2.16. The van der Waals surface area contributed by atoms with Crippen LogP contribution in [0, 0.1) is 5.92 Å². The Bertz CT molecular complexity index is 471. The zero-order chi connectivity index (χ0) is 14.7. The fraction of sp³-hybridized carbons (Fsp3) is 0.625. The normalized spacial score (nSPS) is 18.9. The molecule has 1 aliphatic rings. The van der Waals surface area contributed by atoms with Gasteiger partial charge in [-0.1, -0.05) is 19.9 Å². The largest absolute Gasteiger partial charge is 0.368 e. The van der Waals surface area contributed by atoms with Crippen LogP contribution in [0.15, 0.2) is 18.2 Å². The summed E-state index contributed by atoms with van der Waals surface area (Å²) < 4.78 is 0. The van der Waals surface area contributed by atoms with Crippen molar-refractivity contribution in [3.8, 4) is 0 Å². The fourth-order valence-electron chi connectivity index (χ4n) is 2.81. The first kappa shape index (κ1) is 14.8. The van der Waals surface area contributed by atoms with E-state index in [1.54, 1.807) is 0 Å². The number of nitrogens with one attached hydrogen (secondary N) is 1. The van der Waals surface area contributed by atoms with Gasteiger partial charge in [-0.05, 0) is 44.7 Å². The monoisotopic (exact) mass is 275 g/mol. The van der Waals surface area contributed by atoms with E-state index < -0.39 is 0 Å². The van der Waals surface area contributed by atoms with Gasteiger partial charge in [0.2, 0.25) is 0 Å². The maximum atomic E-state index is 12.6. The second-order valence-electron chi connectivity index (χ2n) is 6.16. The van der Waals surface area contributed by atoms with Gasteiger partial charge < -0.3 is 10.2 Å². The highest BCUT2D eigenvalue weighted by Gasteiger charge is 2.31. The van der Waals surface area contributed by atoms with E-state index >= 15 is 0 Å². The molecule has 1 fully saturated rings. The minimum absolute atomic E-state index is 0.0635. The summed E-state index contributed by atoms with van der Waals surface area (Å²) in [4.78, 5) is 19.1. The molecule has 0 spiro atoms. The van der Waals surface area contributed by atoms with Gasteiger partial charge >= 0.3 is 0 Å². The lowest BCUT2D eigenvalue weighted by molar-refractivity contribution is 0.0695. The first-order chi connectivity index (χ1) is 9.49. The van der Waals surface area contributed by atoms with E-state index in [1.165, 1.54) is 0 Å².